The topological polar surface area (TPSA) is 72.6 Å². The van der Waals surface area contributed by atoms with Crippen molar-refractivity contribution in [3.63, 3.8) is 0 Å². The first-order valence-electron chi connectivity index (χ1n) is 2.64. The van der Waals surface area contributed by atoms with Crippen LogP contribution in [0.1, 0.15) is 6.92 Å². The highest BCUT2D eigenvalue weighted by Crippen LogP contribution is 2.24. The lowest BCUT2D eigenvalue weighted by Gasteiger charge is -1.88. The third-order valence-corrected chi connectivity index (χ3v) is 1.74. The molecule has 54 valence electrons. The Balaban J connectivity index is 3.28. The Labute approximate surface area is 54.9 Å². The molecule has 0 aliphatic carbocycles. The molecule has 0 aliphatic rings. The van der Waals surface area contributed by atoms with Gasteiger partial charge in [-0.05, 0) is 11.5 Å². The highest BCUT2D eigenvalue weighted by molar-refractivity contribution is 7.39. The molecule has 9 heavy (non-hydrogen) atoms. The number of hydrogen-bond acceptors (Lipinski definition) is 4. The molecule has 3 N–H and O–H groups in total. The van der Waals surface area contributed by atoms with Crippen LogP contribution < -0.4 is 5.73 Å². The monoisotopic (exact) mass is 152 g/mol. The summed E-state index contributed by atoms with van der Waals surface area (Å²) in [5.74, 6) is -0.452. The van der Waals surface area contributed by atoms with Crippen LogP contribution in [0, 0.1) is 0 Å². The lowest BCUT2D eigenvalue weighted by atomic mass is 10.8. The van der Waals surface area contributed by atoms with Gasteiger partial charge in [-0.15, -0.1) is 4.52 Å². The van der Waals surface area contributed by atoms with Gasteiger partial charge in [-0.2, -0.15) is 0 Å². The second kappa shape index (κ2) is 4.82. The van der Waals surface area contributed by atoms with Crippen LogP contribution in [0.15, 0.2) is 0 Å². The van der Waals surface area contributed by atoms with Gasteiger partial charge in [0, 0.05) is 0 Å². The van der Waals surface area contributed by atoms with Crippen molar-refractivity contribution in [2.24, 2.45) is 5.73 Å². The molecule has 0 aromatic carbocycles. The minimum atomic E-state index is -1.78. The molecule has 0 spiro atoms. The number of aliphatic hydroxyl groups is 1. The van der Waals surface area contributed by atoms with E-state index < -0.39 is 13.8 Å². The van der Waals surface area contributed by atoms with Crippen LogP contribution in [0.3, 0.4) is 0 Å². The first kappa shape index (κ1) is 8.98. The molecule has 0 rings (SSSR count). The molecule has 0 amide bonds. The Kier molecular flexibility index (Phi) is 4.81. The average Bonchev–Trinajstić information content (AvgIpc) is 1.82. The van der Waals surface area contributed by atoms with Gasteiger partial charge in [-0.3, -0.25) is 5.73 Å². The Morgan fingerprint density at radius 2 is 2.44 bits per heavy atom. The second-order valence-corrected chi connectivity index (χ2v) is 3.23. The number of nitrogens with two attached hydrogens (primary N) is 1. The van der Waals surface area contributed by atoms with E-state index in [1.54, 1.807) is 6.92 Å². The Morgan fingerprint density at radius 3 is 2.78 bits per heavy atom. The molecular weight excluding hydrogens is 141 g/mol. The second-order valence-electron chi connectivity index (χ2n) is 1.58. The maximum absolute atomic E-state index is 10.6. The zero-order valence-corrected chi connectivity index (χ0v) is 6.17. The number of aliphatic hydroxyl groups excluding tert-OH is 1. The van der Waals surface area contributed by atoms with E-state index in [9.17, 15) is 4.57 Å². The number of rotatable bonds is 4. The lowest BCUT2D eigenvalue weighted by molar-refractivity contribution is 0.206. The van der Waals surface area contributed by atoms with Crippen molar-refractivity contribution in [2.45, 2.75) is 12.7 Å². The fraction of sp³-hybridized carbons (Fsp3) is 1.00. The van der Waals surface area contributed by atoms with Crippen molar-refractivity contribution in [1.29, 1.82) is 0 Å². The van der Waals surface area contributed by atoms with E-state index in [2.05, 4.69) is 4.52 Å². The van der Waals surface area contributed by atoms with Crippen LogP contribution in [0.4, 0.5) is 0 Å². The zero-order valence-electron chi connectivity index (χ0n) is 5.28. The largest absolute Gasteiger partial charge is 0.526 e. The summed E-state index contributed by atoms with van der Waals surface area (Å²) in [6.07, 6.45) is 0. The highest BCUT2D eigenvalue weighted by Gasteiger charge is 2.22. The van der Waals surface area contributed by atoms with Gasteiger partial charge < -0.3 is 5.11 Å². The predicted molar refractivity (Wildman–Crippen MR) is 34.3 cm³/mol. The molecule has 0 aliphatic heterocycles. The fourth-order valence-electron chi connectivity index (χ4n) is 0.248. The smallest absolute Gasteiger partial charge is 0.394 e. The standard InChI is InChI=1S/C4H11NO3P/c1-4(5)9(7)8-3-2-6/h4,6H,2-3,5H2,1H3/q+1. The van der Waals surface area contributed by atoms with Crippen LogP contribution in [-0.2, 0) is 9.09 Å². The van der Waals surface area contributed by atoms with Gasteiger partial charge in [0.1, 0.15) is 6.61 Å². The summed E-state index contributed by atoms with van der Waals surface area (Å²) in [5.41, 5.74) is 5.19. The average molecular weight is 152 g/mol. The quantitative estimate of drug-likeness (QED) is 0.558. The molecule has 0 heterocycles. The van der Waals surface area contributed by atoms with Crippen molar-refractivity contribution >= 4 is 8.03 Å². The van der Waals surface area contributed by atoms with Crippen LogP contribution in [0.2, 0.25) is 0 Å². The number of hydrogen-bond donors (Lipinski definition) is 2. The molecule has 0 saturated carbocycles. The minimum absolute atomic E-state index is 0.0940. The molecule has 0 radical (unpaired) electrons. The Bertz CT molecular complexity index is 95.8. The van der Waals surface area contributed by atoms with Crippen LogP contribution in [-0.4, -0.2) is 24.1 Å². The Morgan fingerprint density at radius 1 is 1.89 bits per heavy atom. The molecule has 2 atom stereocenters. The third-order valence-electron chi connectivity index (χ3n) is 0.642. The SMILES string of the molecule is CC(N)[P+](=O)OCCO. The summed E-state index contributed by atoms with van der Waals surface area (Å²) >= 11 is 0. The molecular formula is C4H11NO3P+. The van der Waals surface area contributed by atoms with Crippen LogP contribution >= 0.6 is 8.03 Å². The molecule has 0 aromatic rings. The van der Waals surface area contributed by atoms with Crippen molar-refractivity contribution in [3.05, 3.63) is 0 Å². The van der Waals surface area contributed by atoms with Gasteiger partial charge in [0.2, 0.25) is 5.78 Å². The maximum Gasteiger partial charge on any atom is 0.526 e. The summed E-state index contributed by atoms with van der Waals surface area (Å²) < 4.78 is 15.2. The van der Waals surface area contributed by atoms with E-state index in [0.29, 0.717) is 0 Å². The summed E-state index contributed by atoms with van der Waals surface area (Å²) in [4.78, 5) is 0. The van der Waals surface area contributed by atoms with E-state index >= 15 is 0 Å². The summed E-state index contributed by atoms with van der Waals surface area (Å²) in [6.45, 7) is 1.57. The molecule has 0 saturated heterocycles. The van der Waals surface area contributed by atoms with Crippen molar-refractivity contribution in [2.75, 3.05) is 13.2 Å². The predicted octanol–water partition coefficient (Wildman–Crippen LogP) is 0.0424. The summed E-state index contributed by atoms with van der Waals surface area (Å²) in [6, 6.07) is 0. The Hall–Kier alpha value is -0.0200. The van der Waals surface area contributed by atoms with E-state index in [1.165, 1.54) is 0 Å². The highest BCUT2D eigenvalue weighted by atomic mass is 31.1. The zero-order chi connectivity index (χ0) is 7.28. The van der Waals surface area contributed by atoms with Gasteiger partial charge in [-0.1, -0.05) is 0 Å². The third kappa shape index (κ3) is 4.48. The van der Waals surface area contributed by atoms with E-state index in [1.807, 2.05) is 0 Å². The fourth-order valence-corrected chi connectivity index (χ4v) is 0.745. The van der Waals surface area contributed by atoms with Gasteiger partial charge in [0.15, 0.2) is 0 Å². The van der Waals surface area contributed by atoms with E-state index in [-0.39, 0.29) is 13.2 Å². The summed E-state index contributed by atoms with van der Waals surface area (Å²) in [7, 11) is -1.78. The normalized spacial score (nSPS) is 15.2. The minimum Gasteiger partial charge on any atom is -0.394 e. The van der Waals surface area contributed by atoms with Crippen molar-refractivity contribution in [1.82, 2.24) is 0 Å². The molecule has 0 aromatic heterocycles. The van der Waals surface area contributed by atoms with Crippen LogP contribution in [0.5, 0.6) is 0 Å². The van der Waals surface area contributed by atoms with Gasteiger partial charge in [0.25, 0.3) is 0 Å². The van der Waals surface area contributed by atoms with Gasteiger partial charge in [0.05, 0.1) is 6.61 Å². The first-order valence-corrected chi connectivity index (χ1v) is 3.89. The van der Waals surface area contributed by atoms with Gasteiger partial charge >= 0.3 is 8.03 Å². The van der Waals surface area contributed by atoms with Crippen molar-refractivity contribution in [3.8, 4) is 0 Å². The van der Waals surface area contributed by atoms with E-state index in [0.717, 1.165) is 0 Å². The maximum atomic E-state index is 10.6. The molecule has 0 fully saturated rings. The van der Waals surface area contributed by atoms with E-state index in [4.69, 9.17) is 10.8 Å². The molecule has 4 nitrogen and oxygen atoms in total. The van der Waals surface area contributed by atoms with Crippen molar-refractivity contribution < 1.29 is 14.2 Å². The molecule has 5 heteroatoms. The lowest BCUT2D eigenvalue weighted by Crippen LogP contribution is -2.10. The molecule has 0 bridgehead atoms. The van der Waals surface area contributed by atoms with Crippen LogP contribution in [0.25, 0.3) is 0 Å². The molecule has 2 unspecified atom stereocenters. The van der Waals surface area contributed by atoms with Gasteiger partial charge in [-0.25, -0.2) is 0 Å². The first-order chi connectivity index (χ1) is 4.18. The summed E-state index contributed by atoms with van der Waals surface area (Å²) in [5, 5.41) is 8.20.